The van der Waals surface area contributed by atoms with Crippen LogP contribution in [-0.4, -0.2) is 24.2 Å². The molecule has 2 atom stereocenters. The van der Waals surface area contributed by atoms with Crippen molar-refractivity contribution in [3.05, 3.63) is 0 Å². The number of nitrogens with one attached hydrogen (secondary N) is 1. The fraction of sp³-hybridized carbons (Fsp3) is 0.929. The van der Waals surface area contributed by atoms with E-state index < -0.39 is 0 Å². The summed E-state index contributed by atoms with van der Waals surface area (Å²) in [6.45, 7) is 11.6. The molecule has 0 spiro atoms. The molecule has 0 saturated carbocycles. The number of carbonyl (C=O) groups is 1. The van der Waals surface area contributed by atoms with Crippen LogP contribution in [0, 0.1) is 17.3 Å². The fourth-order valence-corrected chi connectivity index (χ4v) is 2.12. The summed E-state index contributed by atoms with van der Waals surface area (Å²) in [6, 6.07) is 0. The van der Waals surface area contributed by atoms with Crippen molar-refractivity contribution >= 4 is 5.91 Å². The van der Waals surface area contributed by atoms with Gasteiger partial charge in [0.25, 0.3) is 0 Å². The molecule has 0 bridgehead atoms. The number of hydrogen-bond acceptors (Lipinski definition) is 2. The van der Waals surface area contributed by atoms with E-state index in [2.05, 4.69) is 33.0 Å². The highest BCUT2D eigenvalue weighted by Gasteiger charge is 2.17. The van der Waals surface area contributed by atoms with E-state index in [0.717, 1.165) is 12.8 Å². The lowest BCUT2D eigenvalue weighted by atomic mass is 9.84. The molecule has 0 fully saturated rings. The summed E-state index contributed by atoms with van der Waals surface area (Å²) in [4.78, 5) is 11.7. The highest BCUT2D eigenvalue weighted by atomic mass is 16.3. The molecule has 0 heterocycles. The Balaban J connectivity index is 3.78. The van der Waals surface area contributed by atoms with Crippen LogP contribution in [0.4, 0.5) is 0 Å². The zero-order chi connectivity index (χ0) is 13.5. The van der Waals surface area contributed by atoms with Crippen molar-refractivity contribution in [2.75, 3.05) is 13.2 Å². The molecule has 0 aromatic carbocycles. The van der Waals surface area contributed by atoms with Gasteiger partial charge in [-0.1, -0.05) is 34.6 Å². The van der Waals surface area contributed by atoms with E-state index in [4.69, 9.17) is 5.11 Å². The maximum Gasteiger partial charge on any atom is 0.220 e. The fourth-order valence-electron chi connectivity index (χ4n) is 2.12. The predicted molar refractivity (Wildman–Crippen MR) is 71.7 cm³/mol. The second-order valence-electron chi connectivity index (χ2n) is 6.50. The SMILES string of the molecule is CC(CCO)CNC(=O)CC(C)CC(C)(C)C. The van der Waals surface area contributed by atoms with Crippen molar-refractivity contribution in [3.8, 4) is 0 Å². The van der Waals surface area contributed by atoms with Crippen LogP contribution in [0.15, 0.2) is 0 Å². The molecule has 2 N–H and O–H groups in total. The Hall–Kier alpha value is -0.570. The molecule has 0 aliphatic rings. The first-order valence-corrected chi connectivity index (χ1v) is 6.62. The first kappa shape index (κ1) is 16.4. The highest BCUT2D eigenvalue weighted by Crippen LogP contribution is 2.25. The van der Waals surface area contributed by atoms with E-state index in [1.165, 1.54) is 0 Å². The van der Waals surface area contributed by atoms with Gasteiger partial charge < -0.3 is 10.4 Å². The molecular formula is C14H29NO2. The lowest BCUT2D eigenvalue weighted by Gasteiger charge is -2.23. The van der Waals surface area contributed by atoms with Gasteiger partial charge in [0.05, 0.1) is 0 Å². The van der Waals surface area contributed by atoms with Crippen LogP contribution in [0.1, 0.15) is 53.9 Å². The molecule has 3 heteroatoms. The maximum absolute atomic E-state index is 11.7. The Morgan fingerprint density at radius 1 is 1.24 bits per heavy atom. The van der Waals surface area contributed by atoms with Gasteiger partial charge in [0.1, 0.15) is 0 Å². The summed E-state index contributed by atoms with van der Waals surface area (Å²) in [5.41, 5.74) is 0.282. The number of aliphatic hydroxyl groups excluding tert-OH is 1. The van der Waals surface area contributed by atoms with Gasteiger partial charge in [0.2, 0.25) is 5.91 Å². The van der Waals surface area contributed by atoms with Crippen molar-refractivity contribution in [1.82, 2.24) is 5.32 Å². The average Bonchev–Trinajstić information content (AvgIpc) is 2.12. The number of carbonyl (C=O) groups excluding carboxylic acids is 1. The highest BCUT2D eigenvalue weighted by molar-refractivity contribution is 5.76. The largest absolute Gasteiger partial charge is 0.396 e. The van der Waals surface area contributed by atoms with Gasteiger partial charge in [-0.05, 0) is 30.1 Å². The van der Waals surface area contributed by atoms with Crippen molar-refractivity contribution < 1.29 is 9.90 Å². The van der Waals surface area contributed by atoms with Crippen LogP contribution in [0.2, 0.25) is 0 Å². The third-order valence-electron chi connectivity index (χ3n) is 2.76. The van der Waals surface area contributed by atoms with Gasteiger partial charge in [-0.3, -0.25) is 4.79 Å². The summed E-state index contributed by atoms with van der Waals surface area (Å²) in [6.07, 6.45) is 2.41. The van der Waals surface area contributed by atoms with E-state index in [-0.39, 0.29) is 17.9 Å². The minimum Gasteiger partial charge on any atom is -0.396 e. The zero-order valence-electron chi connectivity index (χ0n) is 12.0. The van der Waals surface area contributed by atoms with E-state index >= 15 is 0 Å². The van der Waals surface area contributed by atoms with Gasteiger partial charge in [0.15, 0.2) is 0 Å². The summed E-state index contributed by atoms with van der Waals surface area (Å²) < 4.78 is 0. The van der Waals surface area contributed by atoms with Gasteiger partial charge in [0, 0.05) is 19.6 Å². The van der Waals surface area contributed by atoms with Gasteiger partial charge >= 0.3 is 0 Å². The van der Waals surface area contributed by atoms with Gasteiger partial charge in [-0.2, -0.15) is 0 Å². The molecule has 102 valence electrons. The Kier molecular flexibility index (Phi) is 7.44. The molecule has 0 rings (SSSR count). The average molecular weight is 243 g/mol. The molecule has 0 radical (unpaired) electrons. The Labute approximate surface area is 106 Å². The number of hydrogen-bond donors (Lipinski definition) is 2. The first-order chi connectivity index (χ1) is 7.74. The second-order valence-corrected chi connectivity index (χ2v) is 6.50. The molecule has 3 nitrogen and oxygen atoms in total. The van der Waals surface area contributed by atoms with Crippen molar-refractivity contribution in [2.45, 2.75) is 53.9 Å². The zero-order valence-corrected chi connectivity index (χ0v) is 12.0. The lowest BCUT2D eigenvalue weighted by molar-refractivity contribution is -0.122. The number of amides is 1. The van der Waals surface area contributed by atoms with Crippen LogP contribution in [0.5, 0.6) is 0 Å². The third-order valence-corrected chi connectivity index (χ3v) is 2.76. The van der Waals surface area contributed by atoms with Gasteiger partial charge in [-0.25, -0.2) is 0 Å². The monoisotopic (exact) mass is 243 g/mol. The molecular weight excluding hydrogens is 214 g/mol. The Bertz CT molecular complexity index is 221. The molecule has 0 aliphatic carbocycles. The number of rotatable bonds is 7. The smallest absolute Gasteiger partial charge is 0.220 e. The standard InChI is InChI=1S/C14H29NO2/c1-11(6-7-16)10-15-13(17)8-12(2)9-14(3,4)5/h11-12,16H,6-10H2,1-5H3,(H,15,17). The maximum atomic E-state index is 11.7. The molecule has 0 aliphatic heterocycles. The van der Waals surface area contributed by atoms with E-state index in [1.807, 2.05) is 6.92 Å². The van der Waals surface area contributed by atoms with Gasteiger partial charge in [-0.15, -0.1) is 0 Å². The minimum atomic E-state index is 0.131. The second kappa shape index (κ2) is 7.70. The molecule has 2 unspecified atom stereocenters. The van der Waals surface area contributed by atoms with Crippen LogP contribution >= 0.6 is 0 Å². The van der Waals surface area contributed by atoms with Crippen LogP contribution < -0.4 is 5.32 Å². The van der Waals surface area contributed by atoms with Crippen molar-refractivity contribution in [2.24, 2.45) is 17.3 Å². The van der Waals surface area contributed by atoms with E-state index in [1.54, 1.807) is 0 Å². The summed E-state index contributed by atoms with van der Waals surface area (Å²) in [7, 11) is 0. The number of aliphatic hydroxyl groups is 1. The topological polar surface area (TPSA) is 49.3 Å². The predicted octanol–water partition coefficient (Wildman–Crippen LogP) is 2.58. The molecule has 1 amide bonds. The van der Waals surface area contributed by atoms with Crippen molar-refractivity contribution in [3.63, 3.8) is 0 Å². The molecule has 0 aromatic rings. The van der Waals surface area contributed by atoms with Crippen LogP contribution in [0.25, 0.3) is 0 Å². The Morgan fingerprint density at radius 2 is 1.82 bits per heavy atom. The summed E-state index contributed by atoms with van der Waals surface area (Å²) in [5, 5.41) is 11.7. The summed E-state index contributed by atoms with van der Waals surface area (Å²) >= 11 is 0. The summed E-state index contributed by atoms with van der Waals surface area (Å²) in [5.74, 6) is 0.900. The Morgan fingerprint density at radius 3 is 2.29 bits per heavy atom. The molecule has 0 aromatic heterocycles. The normalized spacial score (nSPS) is 15.4. The molecule has 17 heavy (non-hydrogen) atoms. The van der Waals surface area contributed by atoms with Crippen LogP contribution in [0.3, 0.4) is 0 Å². The van der Waals surface area contributed by atoms with E-state index in [9.17, 15) is 4.79 Å². The third kappa shape index (κ3) is 10.3. The lowest BCUT2D eigenvalue weighted by Crippen LogP contribution is -2.30. The minimum absolute atomic E-state index is 0.131. The van der Waals surface area contributed by atoms with Crippen molar-refractivity contribution in [1.29, 1.82) is 0 Å². The van der Waals surface area contributed by atoms with Crippen LogP contribution in [-0.2, 0) is 4.79 Å². The quantitative estimate of drug-likeness (QED) is 0.722. The molecule has 0 saturated heterocycles. The van der Waals surface area contributed by atoms with E-state index in [0.29, 0.717) is 24.8 Å². The first-order valence-electron chi connectivity index (χ1n) is 6.62.